The SMILES string of the molecule is CCOc1ccc(/C=C/C(=O)NCc2cc(C(N)=O)no2)cc1OC. The van der Waals surface area contributed by atoms with E-state index in [1.807, 2.05) is 13.0 Å². The van der Waals surface area contributed by atoms with Gasteiger partial charge in [-0.2, -0.15) is 0 Å². The first kappa shape index (κ1) is 18.1. The average molecular weight is 345 g/mol. The topological polar surface area (TPSA) is 117 Å². The van der Waals surface area contributed by atoms with Gasteiger partial charge in [0, 0.05) is 12.1 Å². The molecule has 0 unspecified atom stereocenters. The van der Waals surface area contributed by atoms with Crippen LogP contribution in [0.2, 0.25) is 0 Å². The summed E-state index contributed by atoms with van der Waals surface area (Å²) < 4.78 is 15.6. The normalized spacial score (nSPS) is 10.6. The first-order valence-electron chi connectivity index (χ1n) is 7.55. The minimum atomic E-state index is -0.689. The fourth-order valence-corrected chi connectivity index (χ4v) is 1.98. The van der Waals surface area contributed by atoms with Crippen molar-refractivity contribution in [3.63, 3.8) is 0 Å². The van der Waals surface area contributed by atoms with Gasteiger partial charge in [-0.1, -0.05) is 11.2 Å². The van der Waals surface area contributed by atoms with Crippen molar-refractivity contribution in [2.75, 3.05) is 13.7 Å². The molecule has 0 fully saturated rings. The number of rotatable bonds is 8. The van der Waals surface area contributed by atoms with Crippen LogP contribution in [0, 0.1) is 0 Å². The van der Waals surface area contributed by atoms with E-state index in [1.54, 1.807) is 25.3 Å². The van der Waals surface area contributed by atoms with Crippen molar-refractivity contribution in [1.82, 2.24) is 10.5 Å². The zero-order chi connectivity index (χ0) is 18.2. The molecular weight excluding hydrogens is 326 g/mol. The van der Waals surface area contributed by atoms with E-state index < -0.39 is 5.91 Å². The van der Waals surface area contributed by atoms with E-state index in [-0.39, 0.29) is 18.1 Å². The molecule has 2 aromatic rings. The molecule has 8 nitrogen and oxygen atoms in total. The molecular formula is C17H19N3O5. The second kappa shape index (κ2) is 8.53. The van der Waals surface area contributed by atoms with Crippen LogP contribution in [-0.2, 0) is 11.3 Å². The zero-order valence-electron chi connectivity index (χ0n) is 13.9. The van der Waals surface area contributed by atoms with E-state index in [9.17, 15) is 9.59 Å². The molecule has 1 heterocycles. The first-order valence-corrected chi connectivity index (χ1v) is 7.55. The second-order valence-electron chi connectivity index (χ2n) is 4.94. The molecule has 0 aliphatic heterocycles. The molecule has 1 aromatic carbocycles. The third-order valence-corrected chi connectivity index (χ3v) is 3.16. The van der Waals surface area contributed by atoms with Gasteiger partial charge in [-0.25, -0.2) is 0 Å². The van der Waals surface area contributed by atoms with Gasteiger partial charge in [0.15, 0.2) is 23.0 Å². The summed E-state index contributed by atoms with van der Waals surface area (Å²) in [7, 11) is 1.55. The van der Waals surface area contributed by atoms with Gasteiger partial charge in [-0.05, 0) is 30.7 Å². The van der Waals surface area contributed by atoms with Crippen LogP contribution in [0.4, 0.5) is 0 Å². The lowest BCUT2D eigenvalue weighted by Crippen LogP contribution is -2.19. The number of carbonyl (C=O) groups excluding carboxylic acids is 2. The fraction of sp³-hybridized carbons (Fsp3) is 0.235. The lowest BCUT2D eigenvalue weighted by atomic mass is 10.2. The Hall–Kier alpha value is -3.29. The molecule has 0 aliphatic carbocycles. The smallest absolute Gasteiger partial charge is 0.270 e. The minimum Gasteiger partial charge on any atom is -0.493 e. The number of aromatic nitrogens is 1. The summed E-state index contributed by atoms with van der Waals surface area (Å²) in [5, 5.41) is 6.10. The molecule has 132 valence electrons. The van der Waals surface area contributed by atoms with E-state index in [4.69, 9.17) is 19.7 Å². The van der Waals surface area contributed by atoms with E-state index in [0.29, 0.717) is 23.9 Å². The maximum Gasteiger partial charge on any atom is 0.270 e. The van der Waals surface area contributed by atoms with Gasteiger partial charge in [-0.15, -0.1) is 0 Å². The van der Waals surface area contributed by atoms with Crippen LogP contribution in [0.25, 0.3) is 6.08 Å². The third kappa shape index (κ3) is 5.10. The predicted molar refractivity (Wildman–Crippen MR) is 90.1 cm³/mol. The second-order valence-corrected chi connectivity index (χ2v) is 4.94. The summed E-state index contributed by atoms with van der Waals surface area (Å²) >= 11 is 0. The number of nitrogens with zero attached hydrogens (tertiary/aromatic N) is 1. The van der Waals surface area contributed by atoms with Crippen molar-refractivity contribution in [3.05, 3.63) is 47.4 Å². The molecule has 0 aliphatic rings. The van der Waals surface area contributed by atoms with Crippen LogP contribution in [0.15, 0.2) is 34.9 Å². The van der Waals surface area contributed by atoms with Crippen molar-refractivity contribution in [3.8, 4) is 11.5 Å². The van der Waals surface area contributed by atoms with Crippen molar-refractivity contribution in [2.24, 2.45) is 5.73 Å². The number of primary amides is 1. The Morgan fingerprint density at radius 3 is 2.76 bits per heavy atom. The van der Waals surface area contributed by atoms with Crippen molar-refractivity contribution in [2.45, 2.75) is 13.5 Å². The molecule has 0 radical (unpaired) electrons. The molecule has 3 N–H and O–H groups in total. The van der Waals surface area contributed by atoms with Gasteiger partial charge >= 0.3 is 0 Å². The highest BCUT2D eigenvalue weighted by atomic mass is 16.5. The maximum absolute atomic E-state index is 11.8. The molecule has 0 atom stereocenters. The van der Waals surface area contributed by atoms with Crippen LogP contribution < -0.4 is 20.5 Å². The predicted octanol–water partition coefficient (Wildman–Crippen LogP) is 1.51. The van der Waals surface area contributed by atoms with Gasteiger partial charge in [0.1, 0.15) is 0 Å². The Balaban J connectivity index is 1.94. The van der Waals surface area contributed by atoms with E-state index >= 15 is 0 Å². The zero-order valence-corrected chi connectivity index (χ0v) is 13.9. The number of nitrogens with one attached hydrogen (secondary N) is 1. The van der Waals surface area contributed by atoms with Gasteiger partial charge in [0.25, 0.3) is 5.91 Å². The number of hydrogen-bond donors (Lipinski definition) is 2. The summed E-state index contributed by atoms with van der Waals surface area (Å²) in [6.07, 6.45) is 3.02. The Bertz CT molecular complexity index is 782. The summed E-state index contributed by atoms with van der Waals surface area (Å²) in [6.45, 7) is 2.52. The van der Waals surface area contributed by atoms with Gasteiger partial charge < -0.3 is 25.0 Å². The molecule has 0 saturated carbocycles. The van der Waals surface area contributed by atoms with Gasteiger partial charge in [0.05, 0.1) is 20.3 Å². The Labute approximate surface area is 144 Å². The van der Waals surface area contributed by atoms with Crippen LogP contribution in [-0.4, -0.2) is 30.7 Å². The van der Waals surface area contributed by atoms with Crippen LogP contribution in [0.1, 0.15) is 28.7 Å². The largest absolute Gasteiger partial charge is 0.493 e. The number of ether oxygens (including phenoxy) is 2. The molecule has 0 saturated heterocycles. The van der Waals surface area contributed by atoms with Crippen LogP contribution in [0.3, 0.4) is 0 Å². The molecule has 1 aromatic heterocycles. The lowest BCUT2D eigenvalue weighted by molar-refractivity contribution is -0.116. The molecule has 0 bridgehead atoms. The van der Waals surface area contributed by atoms with E-state index in [1.165, 1.54) is 12.1 Å². The quantitative estimate of drug-likeness (QED) is 0.701. The van der Waals surface area contributed by atoms with Crippen LogP contribution >= 0.6 is 0 Å². The molecule has 25 heavy (non-hydrogen) atoms. The number of benzene rings is 1. The van der Waals surface area contributed by atoms with E-state index in [2.05, 4.69) is 10.5 Å². The van der Waals surface area contributed by atoms with Crippen molar-refractivity contribution < 1.29 is 23.6 Å². The maximum atomic E-state index is 11.8. The number of nitrogens with two attached hydrogens (primary N) is 1. The molecule has 0 spiro atoms. The van der Waals surface area contributed by atoms with Crippen LogP contribution in [0.5, 0.6) is 11.5 Å². The standard InChI is InChI=1S/C17H19N3O5/c1-3-24-14-6-4-11(8-15(14)23-2)5-7-16(21)19-10-12-9-13(17(18)22)20-25-12/h4-9H,3,10H2,1-2H3,(H2,18,22)(H,19,21)/b7-5+. The Kier molecular flexibility index (Phi) is 6.16. The third-order valence-electron chi connectivity index (χ3n) is 3.16. The number of carbonyl (C=O) groups is 2. The molecule has 2 rings (SSSR count). The lowest BCUT2D eigenvalue weighted by Gasteiger charge is -2.09. The Morgan fingerprint density at radius 2 is 2.12 bits per heavy atom. The minimum absolute atomic E-state index is 0.0151. The highest BCUT2D eigenvalue weighted by molar-refractivity contribution is 5.92. The summed E-state index contributed by atoms with van der Waals surface area (Å²) in [5.74, 6) is 0.543. The number of hydrogen-bond acceptors (Lipinski definition) is 6. The average Bonchev–Trinajstić information content (AvgIpc) is 3.08. The Morgan fingerprint density at radius 1 is 1.32 bits per heavy atom. The summed E-state index contributed by atoms with van der Waals surface area (Å²) in [5.41, 5.74) is 5.87. The summed E-state index contributed by atoms with van der Waals surface area (Å²) in [6, 6.07) is 6.74. The molecule has 8 heteroatoms. The van der Waals surface area contributed by atoms with E-state index in [0.717, 1.165) is 5.56 Å². The van der Waals surface area contributed by atoms with Crippen molar-refractivity contribution >= 4 is 17.9 Å². The summed E-state index contributed by atoms with van der Waals surface area (Å²) in [4.78, 5) is 22.8. The fourth-order valence-electron chi connectivity index (χ4n) is 1.98. The first-order chi connectivity index (χ1) is 12.0. The highest BCUT2D eigenvalue weighted by Gasteiger charge is 2.09. The van der Waals surface area contributed by atoms with Gasteiger partial charge in [-0.3, -0.25) is 9.59 Å². The highest BCUT2D eigenvalue weighted by Crippen LogP contribution is 2.28. The molecule has 2 amide bonds. The monoisotopic (exact) mass is 345 g/mol. The number of methoxy groups -OCH3 is 1. The van der Waals surface area contributed by atoms with Crippen molar-refractivity contribution in [1.29, 1.82) is 0 Å². The number of amides is 2. The van der Waals surface area contributed by atoms with Gasteiger partial charge in [0.2, 0.25) is 5.91 Å².